The second-order valence-corrected chi connectivity index (χ2v) is 4.20. The highest BCUT2D eigenvalue weighted by Gasteiger charge is 2.32. The molecule has 0 spiro atoms. The quantitative estimate of drug-likeness (QED) is 0.789. The Morgan fingerprint density at radius 2 is 2.08 bits per heavy atom. The molecule has 70 valence electrons. The Hall–Kier alpha value is -0.530. The van der Waals surface area contributed by atoms with Gasteiger partial charge in [-0.3, -0.25) is 0 Å². The summed E-state index contributed by atoms with van der Waals surface area (Å²) in [6.45, 7) is 0. The number of hydrogen-bond acceptors (Lipinski definition) is 1. The molecule has 0 bridgehead atoms. The lowest BCUT2D eigenvalue weighted by atomic mass is 10.1. The molecule has 0 amide bonds. The highest BCUT2D eigenvalue weighted by molar-refractivity contribution is 6.31. The van der Waals surface area contributed by atoms with Crippen LogP contribution in [0.4, 0.5) is 0 Å². The van der Waals surface area contributed by atoms with Crippen molar-refractivity contribution in [1.82, 2.24) is 0 Å². The smallest absolute Gasteiger partial charge is 0.0437 e. The maximum absolute atomic E-state index is 6.03. The average molecular weight is 196 g/mol. The van der Waals surface area contributed by atoms with E-state index < -0.39 is 0 Å². The van der Waals surface area contributed by atoms with Gasteiger partial charge >= 0.3 is 0 Å². The Balaban J connectivity index is 1.90. The molecule has 0 aliphatic heterocycles. The van der Waals surface area contributed by atoms with Gasteiger partial charge in [0.25, 0.3) is 0 Å². The molecule has 0 saturated heterocycles. The van der Waals surface area contributed by atoms with Crippen LogP contribution in [-0.4, -0.2) is 6.04 Å². The normalized spacial score (nSPS) is 26.0. The Labute approximate surface area is 83.9 Å². The van der Waals surface area contributed by atoms with Crippen molar-refractivity contribution >= 4 is 11.6 Å². The zero-order valence-corrected chi connectivity index (χ0v) is 8.30. The molecule has 1 nitrogen and oxygen atoms in total. The van der Waals surface area contributed by atoms with Crippen LogP contribution in [-0.2, 0) is 6.42 Å². The lowest BCUT2D eigenvalue weighted by Gasteiger charge is -2.02. The van der Waals surface area contributed by atoms with Crippen LogP contribution < -0.4 is 5.73 Å². The van der Waals surface area contributed by atoms with Crippen molar-refractivity contribution in [3.8, 4) is 0 Å². The molecule has 0 heterocycles. The van der Waals surface area contributed by atoms with Crippen molar-refractivity contribution in [2.24, 2.45) is 11.7 Å². The summed E-state index contributed by atoms with van der Waals surface area (Å²) < 4.78 is 0. The SMILES string of the molecule is NC1CC1CCc1ccccc1Cl. The van der Waals surface area contributed by atoms with Gasteiger partial charge < -0.3 is 5.73 Å². The highest BCUT2D eigenvalue weighted by Crippen LogP contribution is 2.33. The predicted octanol–water partition coefficient (Wildman–Crippen LogP) is 2.62. The predicted molar refractivity (Wildman–Crippen MR) is 55.9 cm³/mol. The van der Waals surface area contributed by atoms with E-state index in [1.54, 1.807) is 0 Å². The molecule has 2 N–H and O–H groups in total. The van der Waals surface area contributed by atoms with Crippen LogP contribution in [0.25, 0.3) is 0 Å². The molecule has 1 saturated carbocycles. The number of halogens is 1. The lowest BCUT2D eigenvalue weighted by Crippen LogP contribution is -2.02. The van der Waals surface area contributed by atoms with Gasteiger partial charge in [-0.05, 0) is 36.8 Å². The van der Waals surface area contributed by atoms with Crippen LogP contribution in [0.5, 0.6) is 0 Å². The van der Waals surface area contributed by atoms with Crippen LogP contribution in [0.2, 0.25) is 5.02 Å². The van der Waals surface area contributed by atoms with E-state index in [0.717, 1.165) is 17.4 Å². The molecule has 0 radical (unpaired) electrons. The van der Waals surface area contributed by atoms with Crippen molar-refractivity contribution in [1.29, 1.82) is 0 Å². The van der Waals surface area contributed by atoms with E-state index in [0.29, 0.717) is 6.04 Å². The van der Waals surface area contributed by atoms with E-state index in [1.165, 1.54) is 18.4 Å². The minimum Gasteiger partial charge on any atom is -0.327 e. The van der Waals surface area contributed by atoms with Crippen molar-refractivity contribution in [3.05, 3.63) is 34.9 Å². The molecular formula is C11H14ClN. The number of hydrogen-bond donors (Lipinski definition) is 1. The van der Waals surface area contributed by atoms with Gasteiger partial charge in [0.15, 0.2) is 0 Å². The van der Waals surface area contributed by atoms with E-state index in [2.05, 4.69) is 6.07 Å². The van der Waals surface area contributed by atoms with Crippen LogP contribution in [0.3, 0.4) is 0 Å². The number of aryl methyl sites for hydroxylation is 1. The molecule has 0 aromatic heterocycles. The lowest BCUT2D eigenvalue weighted by molar-refractivity contribution is 0.699. The second-order valence-electron chi connectivity index (χ2n) is 3.79. The van der Waals surface area contributed by atoms with Gasteiger partial charge in [-0.2, -0.15) is 0 Å². The molecule has 13 heavy (non-hydrogen) atoms. The molecular weight excluding hydrogens is 182 g/mol. The first-order chi connectivity index (χ1) is 6.27. The van der Waals surface area contributed by atoms with Crippen LogP contribution in [0, 0.1) is 5.92 Å². The van der Waals surface area contributed by atoms with Crippen molar-refractivity contribution in [3.63, 3.8) is 0 Å². The van der Waals surface area contributed by atoms with E-state index in [4.69, 9.17) is 17.3 Å². The van der Waals surface area contributed by atoms with Gasteiger partial charge in [0.1, 0.15) is 0 Å². The highest BCUT2D eigenvalue weighted by atomic mass is 35.5. The van der Waals surface area contributed by atoms with E-state index in [9.17, 15) is 0 Å². The van der Waals surface area contributed by atoms with Gasteiger partial charge in [0, 0.05) is 11.1 Å². The fraction of sp³-hybridized carbons (Fsp3) is 0.455. The maximum Gasteiger partial charge on any atom is 0.0437 e. The largest absolute Gasteiger partial charge is 0.327 e. The van der Waals surface area contributed by atoms with Crippen LogP contribution in [0.1, 0.15) is 18.4 Å². The zero-order chi connectivity index (χ0) is 9.26. The summed E-state index contributed by atoms with van der Waals surface area (Å²) in [5.41, 5.74) is 6.99. The monoisotopic (exact) mass is 195 g/mol. The summed E-state index contributed by atoms with van der Waals surface area (Å²) in [7, 11) is 0. The van der Waals surface area contributed by atoms with Crippen LogP contribution >= 0.6 is 11.6 Å². The first-order valence-electron chi connectivity index (χ1n) is 4.76. The molecule has 2 rings (SSSR count). The Kier molecular flexibility index (Phi) is 2.56. The number of nitrogens with two attached hydrogens (primary N) is 1. The summed E-state index contributed by atoms with van der Waals surface area (Å²) in [5, 5.41) is 0.886. The Bertz CT molecular complexity index is 298. The number of benzene rings is 1. The van der Waals surface area contributed by atoms with Crippen molar-refractivity contribution in [2.45, 2.75) is 25.3 Å². The summed E-state index contributed by atoms with van der Waals surface area (Å²) >= 11 is 6.03. The van der Waals surface area contributed by atoms with Gasteiger partial charge in [0.2, 0.25) is 0 Å². The third-order valence-electron chi connectivity index (χ3n) is 2.72. The summed E-state index contributed by atoms with van der Waals surface area (Å²) in [5.74, 6) is 0.747. The zero-order valence-electron chi connectivity index (χ0n) is 7.54. The minimum absolute atomic E-state index is 0.461. The van der Waals surface area contributed by atoms with Gasteiger partial charge in [-0.15, -0.1) is 0 Å². The molecule has 2 unspecified atom stereocenters. The molecule has 1 aliphatic carbocycles. The van der Waals surface area contributed by atoms with E-state index in [-0.39, 0.29) is 0 Å². The number of rotatable bonds is 3. The standard InChI is InChI=1S/C11H14ClN/c12-10-4-2-1-3-8(10)5-6-9-7-11(9)13/h1-4,9,11H,5-7,13H2. The fourth-order valence-electron chi connectivity index (χ4n) is 1.64. The topological polar surface area (TPSA) is 26.0 Å². The molecule has 1 aliphatic rings. The van der Waals surface area contributed by atoms with Crippen LogP contribution in [0.15, 0.2) is 24.3 Å². The molecule has 2 heteroatoms. The maximum atomic E-state index is 6.03. The molecule has 1 aromatic rings. The summed E-state index contributed by atoms with van der Waals surface area (Å²) in [4.78, 5) is 0. The molecule has 1 aromatic carbocycles. The van der Waals surface area contributed by atoms with Crippen molar-refractivity contribution < 1.29 is 0 Å². The summed E-state index contributed by atoms with van der Waals surface area (Å²) in [6.07, 6.45) is 3.45. The molecule has 2 atom stereocenters. The van der Waals surface area contributed by atoms with E-state index >= 15 is 0 Å². The third-order valence-corrected chi connectivity index (χ3v) is 3.09. The average Bonchev–Trinajstić information content (AvgIpc) is 2.81. The Morgan fingerprint density at radius 1 is 1.38 bits per heavy atom. The van der Waals surface area contributed by atoms with Gasteiger partial charge in [-0.1, -0.05) is 29.8 Å². The first-order valence-corrected chi connectivity index (χ1v) is 5.14. The third kappa shape index (κ3) is 2.23. The first kappa shape index (κ1) is 9.04. The van der Waals surface area contributed by atoms with Crippen molar-refractivity contribution in [2.75, 3.05) is 0 Å². The Morgan fingerprint density at radius 3 is 2.69 bits per heavy atom. The minimum atomic E-state index is 0.461. The van der Waals surface area contributed by atoms with Gasteiger partial charge in [0.05, 0.1) is 0 Å². The molecule has 1 fully saturated rings. The fourth-order valence-corrected chi connectivity index (χ4v) is 1.88. The van der Waals surface area contributed by atoms with Gasteiger partial charge in [-0.25, -0.2) is 0 Å². The summed E-state index contributed by atoms with van der Waals surface area (Å²) in [6, 6.07) is 8.50. The second kappa shape index (κ2) is 3.69. The van der Waals surface area contributed by atoms with E-state index in [1.807, 2.05) is 18.2 Å².